The third kappa shape index (κ3) is 6.05. The lowest BCUT2D eigenvalue weighted by Crippen LogP contribution is -2.59. The van der Waals surface area contributed by atoms with Crippen molar-refractivity contribution in [2.75, 3.05) is 27.6 Å². The molecule has 0 N–H and O–H groups in total. The summed E-state index contributed by atoms with van der Waals surface area (Å²) in [6, 6.07) is 13.9. The molecule has 0 bridgehead atoms. The van der Waals surface area contributed by atoms with Crippen molar-refractivity contribution >= 4 is 16.1 Å². The van der Waals surface area contributed by atoms with Crippen LogP contribution in [0.4, 0.5) is 0 Å². The summed E-state index contributed by atoms with van der Waals surface area (Å²) in [6.07, 6.45) is 2.10. The van der Waals surface area contributed by atoms with Crippen molar-refractivity contribution in [2.24, 2.45) is 5.16 Å². The number of nitrogens with zero attached hydrogens (tertiary/aromatic N) is 4. The second-order valence-electron chi connectivity index (χ2n) is 8.55. The Morgan fingerprint density at radius 3 is 2.19 bits per heavy atom. The smallest absolute Gasteiger partial charge is 0.256 e. The Labute approximate surface area is 215 Å². The van der Waals surface area contributed by atoms with Crippen LogP contribution < -0.4 is 0 Å². The van der Waals surface area contributed by atoms with E-state index in [9.17, 15) is 8.42 Å². The summed E-state index contributed by atoms with van der Waals surface area (Å²) in [4.78, 5) is 10.2. The fourth-order valence-corrected chi connectivity index (χ4v) is 4.77. The Hall–Kier alpha value is -3.16. The zero-order valence-electron chi connectivity index (χ0n) is 21.2. The maximum Gasteiger partial charge on any atom is 0.256 e. The molecule has 1 aliphatic rings. The van der Waals surface area contributed by atoms with Crippen LogP contribution in [0.25, 0.3) is 17.1 Å². The maximum atomic E-state index is 11.7. The lowest BCUT2D eigenvalue weighted by molar-refractivity contribution is -0.305. The highest BCUT2D eigenvalue weighted by Gasteiger charge is 2.46. The second kappa shape index (κ2) is 11.5. The first-order valence-corrected chi connectivity index (χ1v) is 13.4. The molecule has 0 amide bonds. The van der Waals surface area contributed by atoms with E-state index in [1.54, 1.807) is 62.8 Å². The van der Waals surface area contributed by atoms with E-state index in [0.717, 1.165) is 11.1 Å². The number of oxime groups is 1. The molecule has 3 aromatic rings. The van der Waals surface area contributed by atoms with Crippen molar-refractivity contribution in [2.45, 2.75) is 42.5 Å². The quantitative estimate of drug-likeness (QED) is 0.303. The fourth-order valence-electron chi connectivity index (χ4n) is 4.13. The van der Waals surface area contributed by atoms with Gasteiger partial charge >= 0.3 is 0 Å². The number of methoxy groups -OCH3 is 3. The van der Waals surface area contributed by atoms with E-state index in [-0.39, 0.29) is 23.2 Å². The molecule has 1 fully saturated rings. The summed E-state index contributed by atoms with van der Waals surface area (Å²) >= 11 is 0. The van der Waals surface area contributed by atoms with Gasteiger partial charge in [-0.25, -0.2) is 18.1 Å². The van der Waals surface area contributed by atoms with Gasteiger partial charge in [0.25, 0.3) is 6.29 Å². The van der Waals surface area contributed by atoms with E-state index in [4.69, 9.17) is 23.8 Å². The van der Waals surface area contributed by atoms with Crippen LogP contribution in [0.5, 0.6) is 0 Å². The van der Waals surface area contributed by atoms with Crippen molar-refractivity contribution in [1.82, 2.24) is 14.8 Å². The van der Waals surface area contributed by atoms with Crippen LogP contribution in [0, 0.1) is 0 Å². The van der Waals surface area contributed by atoms with Gasteiger partial charge in [-0.3, -0.25) is 0 Å². The third-order valence-electron chi connectivity index (χ3n) is 6.10. The topological polar surface area (TPSA) is 123 Å². The van der Waals surface area contributed by atoms with E-state index >= 15 is 0 Å². The first-order chi connectivity index (χ1) is 17.7. The summed E-state index contributed by atoms with van der Waals surface area (Å²) in [5.74, 6) is 0.526. The summed E-state index contributed by atoms with van der Waals surface area (Å²) in [6.45, 7) is 1.88. The lowest BCUT2D eigenvalue weighted by atomic mass is 9.99. The molecule has 5 atom stereocenters. The summed E-state index contributed by atoms with van der Waals surface area (Å²) in [5.41, 5.74) is 2.31. The van der Waals surface area contributed by atoms with Crippen LogP contribution in [0.1, 0.15) is 12.5 Å². The predicted molar refractivity (Wildman–Crippen MR) is 135 cm³/mol. The van der Waals surface area contributed by atoms with Gasteiger partial charge in [0, 0.05) is 33.1 Å². The van der Waals surface area contributed by atoms with Crippen LogP contribution >= 0.6 is 0 Å². The first-order valence-electron chi connectivity index (χ1n) is 11.5. The van der Waals surface area contributed by atoms with Gasteiger partial charge in [0.15, 0.2) is 21.8 Å². The van der Waals surface area contributed by atoms with Crippen molar-refractivity contribution < 1.29 is 32.2 Å². The molecule has 0 saturated carbocycles. The Balaban J connectivity index is 1.40. The van der Waals surface area contributed by atoms with Crippen molar-refractivity contribution in [1.29, 1.82) is 0 Å². The molecule has 12 heteroatoms. The molecule has 0 aliphatic carbocycles. The SMILES string of the molecule is CO[C@@H]1[C@@H](OC)[C@H](C)O[C@@H](O/N=C/c2ccc(-c3ncn(-c4ccc(S(C)(=O)=O)cc4)n3)cc2)[C@@H]1OC. The predicted octanol–water partition coefficient (Wildman–Crippen LogP) is 2.48. The van der Waals surface area contributed by atoms with Crippen LogP contribution in [0.15, 0.2) is 64.9 Å². The zero-order valence-corrected chi connectivity index (χ0v) is 22.0. The number of ether oxygens (including phenoxy) is 4. The molecule has 1 aliphatic heterocycles. The van der Waals surface area contributed by atoms with Crippen molar-refractivity contribution in [3.8, 4) is 17.1 Å². The molecule has 1 aromatic heterocycles. The molecule has 0 spiro atoms. The number of hydrogen-bond donors (Lipinski definition) is 0. The van der Waals surface area contributed by atoms with Gasteiger partial charge in [0.05, 0.1) is 22.9 Å². The van der Waals surface area contributed by atoms with Gasteiger partial charge in [0.2, 0.25) is 0 Å². The number of sulfone groups is 1. The monoisotopic (exact) mass is 530 g/mol. The molecule has 2 aromatic carbocycles. The van der Waals surface area contributed by atoms with Crippen LogP contribution in [-0.4, -0.2) is 87.7 Å². The molecular weight excluding hydrogens is 500 g/mol. The van der Waals surface area contributed by atoms with Gasteiger partial charge < -0.3 is 23.8 Å². The fraction of sp³-hybridized carbons (Fsp3) is 0.400. The summed E-state index contributed by atoms with van der Waals surface area (Å²) < 4.78 is 47.4. The van der Waals surface area contributed by atoms with Crippen LogP contribution in [-0.2, 0) is 33.6 Å². The third-order valence-corrected chi connectivity index (χ3v) is 7.23. The Morgan fingerprint density at radius 2 is 1.59 bits per heavy atom. The number of aromatic nitrogens is 3. The molecule has 0 unspecified atom stereocenters. The Morgan fingerprint density at radius 1 is 0.946 bits per heavy atom. The minimum Gasteiger partial charge on any atom is -0.376 e. The highest BCUT2D eigenvalue weighted by atomic mass is 32.2. The van der Waals surface area contributed by atoms with E-state index in [0.29, 0.717) is 11.5 Å². The lowest BCUT2D eigenvalue weighted by Gasteiger charge is -2.42. The zero-order chi connectivity index (χ0) is 26.6. The van der Waals surface area contributed by atoms with Crippen molar-refractivity contribution in [3.05, 3.63) is 60.4 Å². The van der Waals surface area contributed by atoms with E-state index in [2.05, 4.69) is 15.2 Å². The maximum absolute atomic E-state index is 11.7. The second-order valence-corrected chi connectivity index (χ2v) is 10.6. The number of rotatable bonds is 9. The highest BCUT2D eigenvalue weighted by Crippen LogP contribution is 2.27. The summed E-state index contributed by atoms with van der Waals surface area (Å²) in [7, 11) is 1.49. The normalized spacial score (nSPS) is 24.4. The highest BCUT2D eigenvalue weighted by molar-refractivity contribution is 7.90. The molecule has 198 valence electrons. The minimum absolute atomic E-state index is 0.248. The Bertz CT molecular complexity index is 1310. The van der Waals surface area contributed by atoms with Gasteiger partial charge in [-0.1, -0.05) is 29.4 Å². The standard InChI is InChI=1S/C25H30N4O7S/c1-16-21(32-2)22(33-3)23(34-4)25(35-16)36-27-14-17-6-8-18(9-7-17)24-26-15-29(28-24)19-10-12-20(13-11-19)37(5,30)31/h6-16,21-23,25H,1-5H3/b27-14+/t16-,21-,22+,23+,25-/m0/s1. The molecule has 1 saturated heterocycles. The average molecular weight is 531 g/mol. The molecule has 11 nitrogen and oxygen atoms in total. The molecule has 0 radical (unpaired) electrons. The molecule has 37 heavy (non-hydrogen) atoms. The van der Waals surface area contributed by atoms with Crippen LogP contribution in [0.2, 0.25) is 0 Å². The van der Waals surface area contributed by atoms with E-state index in [1.165, 1.54) is 6.26 Å². The average Bonchev–Trinajstić information content (AvgIpc) is 3.38. The number of hydrogen-bond acceptors (Lipinski definition) is 10. The van der Waals surface area contributed by atoms with Gasteiger partial charge in [-0.2, -0.15) is 0 Å². The van der Waals surface area contributed by atoms with Crippen molar-refractivity contribution in [3.63, 3.8) is 0 Å². The largest absolute Gasteiger partial charge is 0.376 e. The van der Waals surface area contributed by atoms with E-state index in [1.807, 2.05) is 31.2 Å². The molecule has 2 heterocycles. The molecular formula is C25H30N4O7S. The van der Waals surface area contributed by atoms with Gasteiger partial charge in [-0.05, 0) is 36.8 Å². The summed E-state index contributed by atoms with van der Waals surface area (Å²) in [5, 5.41) is 8.58. The Kier molecular flexibility index (Phi) is 8.35. The first kappa shape index (κ1) is 26.9. The minimum atomic E-state index is -3.26. The molecule has 4 rings (SSSR count). The van der Waals surface area contributed by atoms with Gasteiger partial charge in [0.1, 0.15) is 18.5 Å². The number of benzene rings is 2. The van der Waals surface area contributed by atoms with Gasteiger partial charge in [-0.15, -0.1) is 5.10 Å². The van der Waals surface area contributed by atoms with Crippen LogP contribution in [0.3, 0.4) is 0 Å². The van der Waals surface area contributed by atoms with E-state index < -0.39 is 22.2 Å².